The summed E-state index contributed by atoms with van der Waals surface area (Å²) in [6, 6.07) is 14.0. The molecule has 2 rings (SSSR count). The highest BCUT2D eigenvalue weighted by molar-refractivity contribution is 5.99. The first-order valence-electron chi connectivity index (χ1n) is 6.68. The lowest BCUT2D eigenvalue weighted by molar-refractivity contribution is 0.0818. The molecule has 0 heterocycles. The van der Waals surface area contributed by atoms with Crippen molar-refractivity contribution in [3.8, 4) is 11.5 Å². The van der Waals surface area contributed by atoms with Gasteiger partial charge >= 0.3 is 0 Å². The number of aliphatic hydroxyl groups is 1. The van der Waals surface area contributed by atoms with Gasteiger partial charge in [-0.1, -0.05) is 12.1 Å². The summed E-state index contributed by atoms with van der Waals surface area (Å²) in [5.74, 6) is 1.17. The molecular formula is C17H18O4. The highest BCUT2D eigenvalue weighted by Crippen LogP contribution is 2.18. The van der Waals surface area contributed by atoms with Crippen LogP contribution in [0.25, 0.3) is 0 Å². The second-order valence-corrected chi connectivity index (χ2v) is 4.66. The predicted molar refractivity (Wildman–Crippen MR) is 79.8 cm³/mol. The van der Waals surface area contributed by atoms with E-state index in [1.54, 1.807) is 62.6 Å². The van der Waals surface area contributed by atoms with Gasteiger partial charge in [0.1, 0.15) is 11.5 Å². The van der Waals surface area contributed by atoms with Gasteiger partial charge in [-0.2, -0.15) is 0 Å². The number of ketones is 1. The third kappa shape index (κ3) is 3.83. The van der Waals surface area contributed by atoms with E-state index in [9.17, 15) is 4.79 Å². The van der Waals surface area contributed by atoms with E-state index in [4.69, 9.17) is 14.6 Å². The number of Topliss-reactive ketones (excluding diaryl/α,β-unsaturated/α-hetero) is 1. The molecule has 1 atom stereocenters. The SMILES string of the molecule is COc1ccc(C(=O)C(C)Oc2cccc(CO)c2)cc1. The van der Waals surface area contributed by atoms with E-state index in [0.717, 1.165) is 5.56 Å². The summed E-state index contributed by atoms with van der Waals surface area (Å²) < 4.78 is 10.7. The van der Waals surface area contributed by atoms with Crippen molar-refractivity contribution in [3.05, 3.63) is 59.7 Å². The Morgan fingerprint density at radius 2 is 1.86 bits per heavy atom. The molecule has 0 amide bonds. The summed E-state index contributed by atoms with van der Waals surface area (Å²) in [5.41, 5.74) is 1.32. The van der Waals surface area contributed by atoms with Crippen LogP contribution >= 0.6 is 0 Å². The molecule has 0 aromatic heterocycles. The minimum absolute atomic E-state index is 0.0575. The first-order chi connectivity index (χ1) is 10.1. The van der Waals surface area contributed by atoms with Gasteiger partial charge in [0.25, 0.3) is 0 Å². The van der Waals surface area contributed by atoms with Crippen LogP contribution in [0.2, 0.25) is 0 Å². The molecule has 0 aliphatic carbocycles. The molecule has 21 heavy (non-hydrogen) atoms. The molecule has 110 valence electrons. The van der Waals surface area contributed by atoms with Crippen LogP contribution in [-0.4, -0.2) is 24.1 Å². The molecule has 1 N–H and O–H groups in total. The predicted octanol–water partition coefficient (Wildman–Crippen LogP) is 2.84. The van der Waals surface area contributed by atoms with E-state index in [-0.39, 0.29) is 12.4 Å². The molecule has 0 saturated heterocycles. The number of aliphatic hydroxyl groups excluding tert-OH is 1. The Bertz CT molecular complexity index is 604. The summed E-state index contributed by atoms with van der Waals surface area (Å²) in [5, 5.41) is 9.10. The molecule has 4 heteroatoms. The topological polar surface area (TPSA) is 55.8 Å². The standard InChI is InChI=1S/C17H18O4/c1-12(21-16-5-3-4-13(10-16)11-18)17(19)14-6-8-15(20-2)9-7-14/h3-10,12,18H,11H2,1-2H3. The molecule has 1 unspecified atom stereocenters. The summed E-state index contributed by atoms with van der Waals surface area (Å²) in [6.07, 6.45) is -0.604. The molecule has 0 bridgehead atoms. The smallest absolute Gasteiger partial charge is 0.202 e. The van der Waals surface area contributed by atoms with E-state index in [1.807, 2.05) is 0 Å². The zero-order valence-corrected chi connectivity index (χ0v) is 12.1. The van der Waals surface area contributed by atoms with Gasteiger partial charge in [0.05, 0.1) is 13.7 Å². The minimum Gasteiger partial charge on any atom is -0.497 e. The lowest BCUT2D eigenvalue weighted by Gasteiger charge is -2.14. The number of hydrogen-bond donors (Lipinski definition) is 1. The summed E-state index contributed by atoms with van der Waals surface area (Å²) in [6.45, 7) is 1.65. The maximum atomic E-state index is 12.3. The lowest BCUT2D eigenvalue weighted by atomic mass is 10.1. The van der Waals surface area contributed by atoms with Gasteiger partial charge in [0.15, 0.2) is 6.10 Å². The number of carbonyl (C=O) groups is 1. The fourth-order valence-corrected chi connectivity index (χ4v) is 1.96. The number of benzene rings is 2. The Balaban J connectivity index is 2.07. The van der Waals surface area contributed by atoms with Crippen LogP contribution in [0.1, 0.15) is 22.8 Å². The van der Waals surface area contributed by atoms with Crippen LogP contribution in [0.4, 0.5) is 0 Å². The van der Waals surface area contributed by atoms with Crippen LogP contribution in [0.5, 0.6) is 11.5 Å². The van der Waals surface area contributed by atoms with Crippen molar-refractivity contribution in [1.29, 1.82) is 0 Å². The van der Waals surface area contributed by atoms with E-state index >= 15 is 0 Å². The van der Waals surface area contributed by atoms with Crippen LogP contribution in [0.15, 0.2) is 48.5 Å². The Hall–Kier alpha value is -2.33. The van der Waals surface area contributed by atoms with Gasteiger partial charge in [-0.05, 0) is 48.9 Å². The molecule has 0 radical (unpaired) electrons. The number of carbonyl (C=O) groups excluding carboxylic acids is 1. The zero-order valence-electron chi connectivity index (χ0n) is 12.1. The minimum atomic E-state index is -0.604. The summed E-state index contributed by atoms with van der Waals surface area (Å²) >= 11 is 0. The monoisotopic (exact) mass is 286 g/mol. The van der Waals surface area contributed by atoms with Crippen molar-refractivity contribution in [1.82, 2.24) is 0 Å². The largest absolute Gasteiger partial charge is 0.497 e. The maximum Gasteiger partial charge on any atom is 0.202 e. The average molecular weight is 286 g/mol. The fourth-order valence-electron chi connectivity index (χ4n) is 1.96. The summed E-state index contributed by atoms with van der Waals surface area (Å²) in [4.78, 5) is 12.3. The number of methoxy groups -OCH3 is 1. The number of hydrogen-bond acceptors (Lipinski definition) is 4. The van der Waals surface area contributed by atoms with Crippen molar-refractivity contribution >= 4 is 5.78 Å². The molecule has 4 nitrogen and oxygen atoms in total. The fraction of sp³-hybridized carbons (Fsp3) is 0.235. The first-order valence-corrected chi connectivity index (χ1v) is 6.68. The normalized spacial score (nSPS) is 11.8. The van der Waals surface area contributed by atoms with E-state index < -0.39 is 6.10 Å². The Labute approximate surface area is 123 Å². The Morgan fingerprint density at radius 3 is 2.48 bits per heavy atom. The molecule has 0 aliphatic heterocycles. The van der Waals surface area contributed by atoms with Crippen molar-refractivity contribution in [2.75, 3.05) is 7.11 Å². The van der Waals surface area contributed by atoms with Gasteiger partial charge in [-0.3, -0.25) is 4.79 Å². The summed E-state index contributed by atoms with van der Waals surface area (Å²) in [7, 11) is 1.58. The van der Waals surface area contributed by atoms with Crippen molar-refractivity contribution in [3.63, 3.8) is 0 Å². The van der Waals surface area contributed by atoms with Crippen molar-refractivity contribution in [2.24, 2.45) is 0 Å². The maximum absolute atomic E-state index is 12.3. The van der Waals surface area contributed by atoms with Crippen LogP contribution in [-0.2, 0) is 6.61 Å². The molecule has 2 aromatic carbocycles. The van der Waals surface area contributed by atoms with E-state index in [0.29, 0.717) is 17.1 Å². The molecule has 2 aromatic rings. The third-order valence-electron chi connectivity index (χ3n) is 3.14. The Morgan fingerprint density at radius 1 is 1.14 bits per heavy atom. The zero-order chi connectivity index (χ0) is 15.2. The van der Waals surface area contributed by atoms with Crippen LogP contribution < -0.4 is 9.47 Å². The lowest BCUT2D eigenvalue weighted by Crippen LogP contribution is -2.23. The van der Waals surface area contributed by atoms with Gasteiger partial charge in [0.2, 0.25) is 5.78 Å². The molecule has 0 fully saturated rings. The molecule has 0 aliphatic rings. The molecule has 0 saturated carbocycles. The highest BCUT2D eigenvalue weighted by atomic mass is 16.5. The van der Waals surface area contributed by atoms with Crippen molar-refractivity contribution in [2.45, 2.75) is 19.6 Å². The van der Waals surface area contributed by atoms with E-state index in [2.05, 4.69) is 0 Å². The Kier molecular flexibility index (Phi) is 4.95. The van der Waals surface area contributed by atoms with Gasteiger partial charge < -0.3 is 14.6 Å². The quantitative estimate of drug-likeness (QED) is 0.830. The number of ether oxygens (including phenoxy) is 2. The second-order valence-electron chi connectivity index (χ2n) is 4.66. The first kappa shape index (κ1) is 15.1. The van der Waals surface area contributed by atoms with Crippen molar-refractivity contribution < 1.29 is 19.4 Å². The highest BCUT2D eigenvalue weighted by Gasteiger charge is 2.17. The number of rotatable bonds is 6. The average Bonchev–Trinajstić information content (AvgIpc) is 2.54. The van der Waals surface area contributed by atoms with Gasteiger partial charge in [-0.25, -0.2) is 0 Å². The van der Waals surface area contributed by atoms with E-state index in [1.165, 1.54) is 0 Å². The van der Waals surface area contributed by atoms with Gasteiger partial charge in [0, 0.05) is 5.56 Å². The molecular weight excluding hydrogens is 268 g/mol. The second kappa shape index (κ2) is 6.90. The van der Waals surface area contributed by atoms with Gasteiger partial charge in [-0.15, -0.1) is 0 Å². The third-order valence-corrected chi connectivity index (χ3v) is 3.14. The van der Waals surface area contributed by atoms with Crippen LogP contribution in [0.3, 0.4) is 0 Å². The van der Waals surface area contributed by atoms with Crippen LogP contribution in [0, 0.1) is 0 Å². The molecule has 0 spiro atoms.